The number of fused-ring (bicyclic) bond motifs is 1. The number of carbonyl (C=O) groups is 1. The van der Waals surface area contributed by atoms with Gasteiger partial charge < -0.3 is 5.32 Å². The Morgan fingerprint density at radius 1 is 1.13 bits per heavy atom. The highest BCUT2D eigenvalue weighted by atomic mass is 35.5. The van der Waals surface area contributed by atoms with Crippen molar-refractivity contribution >= 4 is 34.4 Å². The Hall–Kier alpha value is -3.53. The first-order valence-electron chi connectivity index (χ1n) is 8.71. The molecule has 11 heteroatoms. The van der Waals surface area contributed by atoms with Crippen molar-refractivity contribution in [2.75, 3.05) is 5.32 Å². The molecule has 0 saturated heterocycles. The second-order valence-corrected chi connectivity index (χ2v) is 6.77. The van der Waals surface area contributed by atoms with Gasteiger partial charge in [-0.2, -0.15) is 23.4 Å². The van der Waals surface area contributed by atoms with E-state index in [0.717, 1.165) is 16.3 Å². The maximum atomic E-state index is 13.2. The van der Waals surface area contributed by atoms with Crippen LogP contribution in [0.25, 0.3) is 16.6 Å². The van der Waals surface area contributed by atoms with Crippen LogP contribution in [0.4, 0.5) is 23.8 Å². The molecule has 3 N–H and O–H groups in total. The zero-order chi connectivity index (χ0) is 21.3. The number of benzene rings is 2. The van der Waals surface area contributed by atoms with E-state index in [-0.39, 0.29) is 12.2 Å². The quantitative estimate of drug-likeness (QED) is 0.433. The summed E-state index contributed by atoms with van der Waals surface area (Å²) < 4.78 is 40.6. The summed E-state index contributed by atoms with van der Waals surface area (Å²) in [5, 5.41) is 16.6. The third kappa shape index (κ3) is 4.08. The summed E-state index contributed by atoms with van der Waals surface area (Å²) in [5.41, 5.74) is 0.139. The van der Waals surface area contributed by atoms with Crippen LogP contribution in [0.1, 0.15) is 11.4 Å². The fraction of sp³-hybridized carbons (Fsp3) is 0.105. The van der Waals surface area contributed by atoms with Crippen molar-refractivity contribution in [3.63, 3.8) is 0 Å². The maximum absolute atomic E-state index is 13.2. The fourth-order valence-corrected chi connectivity index (χ4v) is 3.08. The highest BCUT2D eigenvalue weighted by molar-refractivity contribution is 6.30. The number of hydrogen-bond acceptors (Lipinski definition) is 3. The SMILES string of the molecule is O=C(NCc1cc(C(F)(F)F)nn1-c1cccc(Cl)c1)Nc1n[nH]c2ccccc12. The number of hydrogen-bond donors (Lipinski definition) is 3. The Labute approximate surface area is 172 Å². The average molecular weight is 435 g/mol. The van der Waals surface area contributed by atoms with Gasteiger partial charge >= 0.3 is 12.2 Å². The van der Waals surface area contributed by atoms with E-state index in [2.05, 4.69) is 25.9 Å². The molecule has 4 rings (SSSR count). The van der Waals surface area contributed by atoms with Crippen LogP contribution in [-0.4, -0.2) is 26.0 Å². The molecule has 0 atom stereocenters. The van der Waals surface area contributed by atoms with E-state index >= 15 is 0 Å². The van der Waals surface area contributed by atoms with Gasteiger partial charge in [0.05, 0.1) is 23.4 Å². The van der Waals surface area contributed by atoms with E-state index in [0.29, 0.717) is 21.9 Å². The molecule has 154 valence electrons. The van der Waals surface area contributed by atoms with Crippen molar-refractivity contribution in [1.82, 2.24) is 25.3 Å². The van der Waals surface area contributed by atoms with Crippen molar-refractivity contribution in [3.8, 4) is 5.69 Å². The minimum absolute atomic E-state index is 0.131. The zero-order valence-corrected chi connectivity index (χ0v) is 15.9. The molecule has 30 heavy (non-hydrogen) atoms. The van der Waals surface area contributed by atoms with E-state index in [1.165, 1.54) is 6.07 Å². The maximum Gasteiger partial charge on any atom is 0.435 e. The van der Waals surface area contributed by atoms with Crippen molar-refractivity contribution in [1.29, 1.82) is 0 Å². The number of alkyl halides is 3. The van der Waals surface area contributed by atoms with Gasteiger partial charge in [0.2, 0.25) is 0 Å². The van der Waals surface area contributed by atoms with Gasteiger partial charge in [-0.1, -0.05) is 29.8 Å². The van der Waals surface area contributed by atoms with Gasteiger partial charge in [0.15, 0.2) is 11.5 Å². The minimum Gasteiger partial charge on any atom is -0.332 e. The van der Waals surface area contributed by atoms with E-state index in [9.17, 15) is 18.0 Å². The fourth-order valence-electron chi connectivity index (χ4n) is 2.90. The molecule has 2 aromatic carbocycles. The Morgan fingerprint density at radius 2 is 1.93 bits per heavy atom. The number of aromatic amines is 1. The number of amides is 2. The summed E-state index contributed by atoms with van der Waals surface area (Å²) in [6.45, 7) is -0.205. The smallest absolute Gasteiger partial charge is 0.332 e. The molecule has 0 spiro atoms. The highest BCUT2D eigenvalue weighted by Crippen LogP contribution is 2.30. The number of urea groups is 1. The summed E-state index contributed by atoms with van der Waals surface area (Å²) in [6.07, 6.45) is -4.63. The predicted octanol–water partition coefficient (Wildman–Crippen LogP) is 4.74. The molecule has 2 heterocycles. The van der Waals surface area contributed by atoms with Crippen molar-refractivity contribution in [2.45, 2.75) is 12.7 Å². The molecule has 7 nitrogen and oxygen atoms in total. The second kappa shape index (κ2) is 7.71. The van der Waals surface area contributed by atoms with Crippen LogP contribution >= 0.6 is 11.6 Å². The number of nitrogens with zero attached hydrogens (tertiary/aromatic N) is 3. The summed E-state index contributed by atoms with van der Waals surface area (Å²) in [4.78, 5) is 12.3. The van der Waals surface area contributed by atoms with Gasteiger partial charge in [-0.15, -0.1) is 0 Å². The van der Waals surface area contributed by atoms with E-state index in [1.54, 1.807) is 36.4 Å². The van der Waals surface area contributed by atoms with Crippen LogP contribution in [0.5, 0.6) is 0 Å². The van der Waals surface area contributed by atoms with Gasteiger partial charge in [-0.25, -0.2) is 9.48 Å². The van der Waals surface area contributed by atoms with E-state index in [1.807, 2.05) is 6.07 Å². The number of para-hydroxylation sites is 1. The van der Waals surface area contributed by atoms with Crippen LogP contribution in [0, 0.1) is 0 Å². The second-order valence-electron chi connectivity index (χ2n) is 6.34. The third-order valence-electron chi connectivity index (χ3n) is 4.26. The first kappa shape index (κ1) is 19.8. The van der Waals surface area contributed by atoms with Gasteiger partial charge in [-0.05, 0) is 36.4 Å². The predicted molar refractivity (Wildman–Crippen MR) is 106 cm³/mol. The van der Waals surface area contributed by atoms with Crippen LogP contribution < -0.4 is 10.6 Å². The van der Waals surface area contributed by atoms with E-state index < -0.39 is 17.9 Å². The van der Waals surface area contributed by atoms with Crippen molar-refractivity contribution < 1.29 is 18.0 Å². The molecule has 0 aliphatic heterocycles. The lowest BCUT2D eigenvalue weighted by molar-refractivity contribution is -0.141. The van der Waals surface area contributed by atoms with Crippen LogP contribution in [-0.2, 0) is 12.7 Å². The molecule has 0 aliphatic rings. The molecular formula is C19H14ClF3N6O. The van der Waals surface area contributed by atoms with Crippen molar-refractivity contribution in [3.05, 3.63) is 71.0 Å². The lowest BCUT2D eigenvalue weighted by atomic mass is 10.2. The average Bonchev–Trinajstić information content (AvgIpc) is 3.31. The van der Waals surface area contributed by atoms with Gasteiger partial charge in [0, 0.05) is 10.4 Å². The summed E-state index contributed by atoms with van der Waals surface area (Å²) in [5.74, 6) is 0.308. The molecule has 0 saturated carbocycles. The van der Waals surface area contributed by atoms with Crippen LogP contribution in [0.3, 0.4) is 0 Å². The standard InChI is InChI=1S/C19H14ClF3N6O/c20-11-4-3-5-12(8-11)29-13(9-16(28-29)19(21,22)23)10-24-18(30)25-17-14-6-1-2-7-15(14)26-27-17/h1-9H,10H2,(H3,24,25,26,27,30). The monoisotopic (exact) mass is 434 g/mol. The summed E-state index contributed by atoms with van der Waals surface area (Å²) in [6, 6.07) is 13.7. The molecule has 0 aliphatic carbocycles. The van der Waals surface area contributed by atoms with Gasteiger partial charge in [0.25, 0.3) is 0 Å². The number of carbonyl (C=O) groups excluding carboxylic acids is 1. The Bertz CT molecular complexity index is 1220. The number of halogens is 4. The first-order chi connectivity index (χ1) is 14.3. The van der Waals surface area contributed by atoms with Crippen LogP contribution in [0.15, 0.2) is 54.6 Å². The Kier molecular flexibility index (Phi) is 5.08. The molecule has 0 unspecified atom stereocenters. The lowest BCUT2D eigenvalue weighted by Crippen LogP contribution is -2.29. The Morgan fingerprint density at radius 3 is 2.70 bits per heavy atom. The molecular weight excluding hydrogens is 421 g/mol. The molecule has 0 radical (unpaired) electrons. The summed E-state index contributed by atoms with van der Waals surface area (Å²) in [7, 11) is 0. The zero-order valence-electron chi connectivity index (χ0n) is 15.2. The lowest BCUT2D eigenvalue weighted by Gasteiger charge is -2.09. The normalized spacial score (nSPS) is 11.6. The van der Waals surface area contributed by atoms with Gasteiger partial charge in [-0.3, -0.25) is 10.4 Å². The molecule has 0 bridgehead atoms. The minimum atomic E-state index is -4.63. The number of anilines is 1. The number of H-pyrrole nitrogens is 1. The third-order valence-corrected chi connectivity index (χ3v) is 4.49. The number of nitrogens with one attached hydrogen (secondary N) is 3. The van der Waals surface area contributed by atoms with E-state index in [4.69, 9.17) is 11.6 Å². The highest BCUT2D eigenvalue weighted by Gasteiger charge is 2.35. The molecule has 2 amide bonds. The first-order valence-corrected chi connectivity index (χ1v) is 9.09. The van der Waals surface area contributed by atoms with Crippen LogP contribution in [0.2, 0.25) is 5.02 Å². The molecule has 4 aromatic rings. The van der Waals surface area contributed by atoms with Crippen molar-refractivity contribution in [2.24, 2.45) is 0 Å². The molecule has 0 fully saturated rings. The van der Waals surface area contributed by atoms with Gasteiger partial charge in [0.1, 0.15) is 0 Å². The topological polar surface area (TPSA) is 87.6 Å². The number of aromatic nitrogens is 4. The Balaban J connectivity index is 1.55. The summed E-state index contributed by atoms with van der Waals surface area (Å²) >= 11 is 5.95. The number of rotatable bonds is 4. The molecule has 2 aromatic heterocycles. The largest absolute Gasteiger partial charge is 0.435 e.